The molecule has 2 heterocycles. The van der Waals surface area contributed by atoms with E-state index in [1.54, 1.807) is 0 Å². The topological polar surface area (TPSA) is 67.1 Å². The Balaban J connectivity index is 2.31. The van der Waals surface area contributed by atoms with Gasteiger partial charge in [-0.25, -0.2) is 10.8 Å². The average Bonchev–Trinajstić information content (AvgIpc) is 2.34. The number of hydrogen-bond donors (Lipinski definition) is 2. The predicted molar refractivity (Wildman–Crippen MR) is 69.8 cm³/mol. The van der Waals surface area contributed by atoms with Crippen molar-refractivity contribution in [3.05, 3.63) is 11.8 Å². The average molecular weight is 235 g/mol. The minimum Gasteiger partial charge on any atom is -0.353 e. The summed E-state index contributed by atoms with van der Waals surface area (Å²) in [6.45, 7) is 7.67. The third-order valence-electron chi connectivity index (χ3n) is 3.72. The minimum absolute atomic E-state index is 0.482. The lowest BCUT2D eigenvalue weighted by molar-refractivity contribution is 0.361. The Kier molecular flexibility index (Phi) is 3.47. The number of aromatic nitrogens is 2. The number of piperidine rings is 1. The van der Waals surface area contributed by atoms with Crippen LogP contribution in [0.1, 0.15) is 32.3 Å². The molecule has 1 aromatic heterocycles. The summed E-state index contributed by atoms with van der Waals surface area (Å²) in [4.78, 5) is 11.0. The number of rotatable bonds is 2. The van der Waals surface area contributed by atoms with Gasteiger partial charge in [-0.1, -0.05) is 6.92 Å². The third kappa shape index (κ3) is 2.34. The van der Waals surface area contributed by atoms with Gasteiger partial charge in [0.25, 0.3) is 0 Å². The van der Waals surface area contributed by atoms with E-state index in [4.69, 9.17) is 5.84 Å². The van der Waals surface area contributed by atoms with E-state index < -0.39 is 0 Å². The second-order valence-electron chi connectivity index (χ2n) is 4.90. The van der Waals surface area contributed by atoms with E-state index in [0.717, 1.165) is 17.9 Å². The molecule has 1 aliphatic heterocycles. The van der Waals surface area contributed by atoms with Gasteiger partial charge in [-0.2, -0.15) is 4.98 Å². The molecule has 5 nitrogen and oxygen atoms in total. The number of nitrogens with two attached hydrogens (primary N) is 1. The van der Waals surface area contributed by atoms with Crippen molar-refractivity contribution in [2.45, 2.75) is 39.7 Å². The van der Waals surface area contributed by atoms with Gasteiger partial charge < -0.3 is 4.90 Å². The van der Waals surface area contributed by atoms with E-state index in [1.807, 2.05) is 13.1 Å². The fourth-order valence-corrected chi connectivity index (χ4v) is 2.43. The molecule has 17 heavy (non-hydrogen) atoms. The molecule has 5 heteroatoms. The molecular formula is C12H21N5. The summed E-state index contributed by atoms with van der Waals surface area (Å²) in [5.41, 5.74) is 3.61. The fraction of sp³-hybridized carbons (Fsp3) is 0.667. The monoisotopic (exact) mass is 235 g/mol. The molecule has 0 radical (unpaired) electrons. The zero-order chi connectivity index (χ0) is 12.4. The van der Waals surface area contributed by atoms with E-state index in [1.165, 1.54) is 12.8 Å². The summed E-state index contributed by atoms with van der Waals surface area (Å²) in [7, 11) is 0. The van der Waals surface area contributed by atoms with Crippen LogP contribution in [0.15, 0.2) is 6.20 Å². The number of nitrogens with zero attached hydrogens (tertiary/aromatic N) is 3. The highest BCUT2D eigenvalue weighted by Crippen LogP contribution is 2.29. The molecule has 2 unspecified atom stereocenters. The molecule has 0 saturated carbocycles. The zero-order valence-electron chi connectivity index (χ0n) is 10.8. The second kappa shape index (κ2) is 4.87. The number of anilines is 2. The van der Waals surface area contributed by atoms with Gasteiger partial charge in [0.2, 0.25) is 5.95 Å². The first kappa shape index (κ1) is 12.1. The molecule has 1 fully saturated rings. The Labute approximate surface area is 102 Å². The summed E-state index contributed by atoms with van der Waals surface area (Å²) in [6.07, 6.45) is 4.34. The van der Waals surface area contributed by atoms with Crippen LogP contribution >= 0.6 is 0 Å². The number of nitrogen functional groups attached to an aromatic ring is 1. The molecule has 94 valence electrons. The summed E-state index contributed by atoms with van der Waals surface area (Å²) in [6, 6.07) is 0.517. The van der Waals surface area contributed by atoms with Gasteiger partial charge in [0.1, 0.15) is 5.82 Å². The van der Waals surface area contributed by atoms with Crippen molar-refractivity contribution in [3.63, 3.8) is 0 Å². The lowest BCUT2D eigenvalue weighted by Crippen LogP contribution is -2.43. The maximum Gasteiger partial charge on any atom is 0.239 e. The van der Waals surface area contributed by atoms with Crippen LogP contribution in [0.4, 0.5) is 11.8 Å². The van der Waals surface area contributed by atoms with Crippen molar-refractivity contribution >= 4 is 11.8 Å². The van der Waals surface area contributed by atoms with Gasteiger partial charge in [-0.05, 0) is 32.6 Å². The van der Waals surface area contributed by atoms with Gasteiger partial charge in [-0.15, -0.1) is 0 Å². The molecule has 0 aromatic carbocycles. The summed E-state index contributed by atoms with van der Waals surface area (Å²) < 4.78 is 0. The van der Waals surface area contributed by atoms with E-state index in [9.17, 15) is 0 Å². The Morgan fingerprint density at radius 2 is 2.24 bits per heavy atom. The molecule has 3 N–H and O–H groups in total. The number of aryl methyl sites for hydroxylation is 1. The second-order valence-corrected chi connectivity index (χ2v) is 4.90. The quantitative estimate of drug-likeness (QED) is 0.603. The zero-order valence-corrected chi connectivity index (χ0v) is 10.8. The van der Waals surface area contributed by atoms with Gasteiger partial charge in [0.15, 0.2) is 0 Å². The van der Waals surface area contributed by atoms with Crippen LogP contribution in [0.3, 0.4) is 0 Å². The van der Waals surface area contributed by atoms with Gasteiger partial charge >= 0.3 is 0 Å². The molecule has 0 bridgehead atoms. The highest BCUT2D eigenvalue weighted by atomic mass is 15.3. The molecule has 0 spiro atoms. The largest absolute Gasteiger partial charge is 0.353 e. The summed E-state index contributed by atoms with van der Waals surface area (Å²) >= 11 is 0. The Bertz CT molecular complexity index is 392. The van der Waals surface area contributed by atoms with E-state index in [0.29, 0.717) is 17.9 Å². The maximum absolute atomic E-state index is 5.37. The lowest BCUT2D eigenvalue weighted by atomic mass is 9.92. The van der Waals surface area contributed by atoms with Crippen LogP contribution < -0.4 is 16.2 Å². The molecule has 2 atom stereocenters. The standard InChI is InChI=1S/C12H21N5/c1-8-5-4-6-17(10(8)3)11-9(2)7-14-12(15-11)16-13/h7-8,10H,4-6,13H2,1-3H3,(H,14,15,16). The van der Waals surface area contributed by atoms with Crippen LogP contribution in [-0.2, 0) is 0 Å². The van der Waals surface area contributed by atoms with Crippen molar-refractivity contribution in [1.82, 2.24) is 9.97 Å². The van der Waals surface area contributed by atoms with E-state index in [-0.39, 0.29) is 0 Å². The Hall–Kier alpha value is -1.36. The van der Waals surface area contributed by atoms with Crippen LogP contribution in [-0.4, -0.2) is 22.6 Å². The van der Waals surface area contributed by atoms with Crippen LogP contribution in [0.2, 0.25) is 0 Å². The molecule has 2 rings (SSSR count). The summed E-state index contributed by atoms with van der Waals surface area (Å²) in [5.74, 6) is 7.56. The van der Waals surface area contributed by atoms with Gasteiger partial charge in [-0.3, -0.25) is 5.43 Å². The van der Waals surface area contributed by atoms with Crippen molar-refractivity contribution in [2.75, 3.05) is 16.9 Å². The Morgan fingerprint density at radius 3 is 2.94 bits per heavy atom. The molecule has 1 saturated heterocycles. The van der Waals surface area contributed by atoms with E-state index >= 15 is 0 Å². The highest BCUT2D eigenvalue weighted by Gasteiger charge is 2.26. The molecular weight excluding hydrogens is 214 g/mol. The van der Waals surface area contributed by atoms with Crippen LogP contribution in [0.5, 0.6) is 0 Å². The maximum atomic E-state index is 5.37. The van der Waals surface area contributed by atoms with Gasteiger partial charge in [0, 0.05) is 24.3 Å². The van der Waals surface area contributed by atoms with Crippen molar-refractivity contribution in [2.24, 2.45) is 11.8 Å². The normalized spacial score (nSPS) is 24.8. The summed E-state index contributed by atoms with van der Waals surface area (Å²) in [5, 5.41) is 0. The number of hydrazine groups is 1. The third-order valence-corrected chi connectivity index (χ3v) is 3.72. The smallest absolute Gasteiger partial charge is 0.239 e. The van der Waals surface area contributed by atoms with Crippen molar-refractivity contribution < 1.29 is 0 Å². The van der Waals surface area contributed by atoms with Gasteiger partial charge in [0.05, 0.1) is 0 Å². The van der Waals surface area contributed by atoms with Crippen molar-refractivity contribution in [3.8, 4) is 0 Å². The van der Waals surface area contributed by atoms with Crippen LogP contribution in [0.25, 0.3) is 0 Å². The lowest BCUT2D eigenvalue weighted by Gasteiger charge is -2.39. The Morgan fingerprint density at radius 1 is 1.47 bits per heavy atom. The molecule has 0 aliphatic carbocycles. The SMILES string of the molecule is Cc1cnc(NN)nc1N1CCCC(C)C1C. The molecule has 0 amide bonds. The first-order valence-corrected chi connectivity index (χ1v) is 6.20. The minimum atomic E-state index is 0.482. The number of nitrogens with one attached hydrogen (secondary N) is 1. The van der Waals surface area contributed by atoms with Crippen LogP contribution in [0, 0.1) is 12.8 Å². The number of hydrogen-bond acceptors (Lipinski definition) is 5. The highest BCUT2D eigenvalue weighted by molar-refractivity contribution is 5.49. The predicted octanol–water partition coefficient (Wildman–Crippen LogP) is 1.70. The fourth-order valence-electron chi connectivity index (χ4n) is 2.43. The van der Waals surface area contributed by atoms with Crippen molar-refractivity contribution in [1.29, 1.82) is 0 Å². The molecule has 1 aliphatic rings. The molecule has 1 aromatic rings. The van der Waals surface area contributed by atoms with E-state index in [2.05, 4.69) is 34.1 Å². The first-order valence-electron chi connectivity index (χ1n) is 6.20. The first-order chi connectivity index (χ1) is 8.13.